The number of sulfonamides is 1. The highest BCUT2D eigenvalue weighted by atomic mass is 35.5. The van der Waals surface area contributed by atoms with Gasteiger partial charge in [0.1, 0.15) is 0 Å². The fraction of sp³-hybridized carbons (Fsp3) is 0.471. The number of rotatable bonds is 7. The predicted molar refractivity (Wildman–Crippen MR) is 101 cm³/mol. The molecule has 0 bridgehead atoms. The van der Waals surface area contributed by atoms with Crippen molar-refractivity contribution in [2.45, 2.75) is 36.6 Å². The third-order valence-corrected chi connectivity index (χ3v) is 5.81. The zero-order valence-corrected chi connectivity index (χ0v) is 15.7. The van der Waals surface area contributed by atoms with E-state index in [2.05, 4.69) is 16.6 Å². The number of amides is 1. The van der Waals surface area contributed by atoms with Gasteiger partial charge in [-0.2, -0.15) is 0 Å². The van der Waals surface area contributed by atoms with Gasteiger partial charge in [-0.25, -0.2) is 13.1 Å². The first-order valence-corrected chi connectivity index (χ1v) is 9.68. The first kappa shape index (κ1) is 21.6. The van der Waals surface area contributed by atoms with Gasteiger partial charge in [0.05, 0.1) is 4.90 Å². The maximum Gasteiger partial charge on any atom is 0.251 e. The van der Waals surface area contributed by atoms with Crippen molar-refractivity contribution in [2.24, 2.45) is 11.7 Å². The maximum absolute atomic E-state index is 12.4. The van der Waals surface area contributed by atoms with Crippen LogP contribution >= 0.6 is 12.4 Å². The van der Waals surface area contributed by atoms with E-state index < -0.39 is 10.0 Å². The summed E-state index contributed by atoms with van der Waals surface area (Å²) < 4.78 is 26.4. The van der Waals surface area contributed by atoms with E-state index in [1.165, 1.54) is 30.3 Å². The first-order chi connectivity index (χ1) is 11.5. The number of nitrogens with one attached hydrogen (secondary N) is 2. The Balaban J connectivity index is 0.00000312. The minimum Gasteiger partial charge on any atom is -0.349 e. The second-order valence-electron chi connectivity index (χ2n) is 6.03. The average molecular weight is 388 g/mol. The molecule has 2 unspecified atom stereocenters. The van der Waals surface area contributed by atoms with Crippen LogP contribution in [-0.2, 0) is 10.0 Å². The SMILES string of the molecule is C=CCNS(=O)(=O)c1ccc(C(=O)NC2CCCCC2CN)cc1.Cl. The highest BCUT2D eigenvalue weighted by Crippen LogP contribution is 2.24. The molecule has 2 rings (SSSR count). The number of carbonyl (C=O) groups excluding carboxylic acids is 1. The topological polar surface area (TPSA) is 101 Å². The second-order valence-corrected chi connectivity index (χ2v) is 7.79. The summed E-state index contributed by atoms with van der Waals surface area (Å²) in [5.41, 5.74) is 6.23. The molecule has 0 heterocycles. The normalized spacial score (nSPS) is 20.4. The Bertz CT molecular complexity index is 677. The Morgan fingerprint density at radius 1 is 1.24 bits per heavy atom. The quantitative estimate of drug-likeness (QED) is 0.621. The van der Waals surface area contributed by atoms with E-state index in [1.807, 2.05) is 0 Å². The molecule has 0 aliphatic heterocycles. The Hall–Kier alpha value is -1.41. The van der Waals surface area contributed by atoms with E-state index in [9.17, 15) is 13.2 Å². The fourth-order valence-corrected chi connectivity index (χ4v) is 3.97. The molecular weight excluding hydrogens is 362 g/mol. The molecule has 1 aliphatic carbocycles. The molecule has 140 valence electrons. The van der Waals surface area contributed by atoms with Gasteiger partial charge in [-0.15, -0.1) is 19.0 Å². The molecule has 0 aromatic heterocycles. The molecule has 0 saturated heterocycles. The van der Waals surface area contributed by atoms with Gasteiger partial charge < -0.3 is 11.1 Å². The van der Waals surface area contributed by atoms with E-state index in [0.717, 1.165) is 25.7 Å². The number of halogens is 1. The zero-order valence-electron chi connectivity index (χ0n) is 14.1. The third kappa shape index (κ3) is 5.81. The molecule has 1 aliphatic rings. The standard InChI is InChI=1S/C17H25N3O3S.ClH/c1-2-11-19-24(22,23)15-9-7-13(8-10-15)17(21)20-16-6-4-3-5-14(16)12-18;/h2,7-10,14,16,19H,1,3-6,11-12,18H2,(H,20,21);1H. The molecule has 1 amide bonds. The highest BCUT2D eigenvalue weighted by Gasteiger charge is 2.25. The number of hydrogen-bond acceptors (Lipinski definition) is 4. The minimum absolute atomic E-state index is 0. The number of carbonyl (C=O) groups is 1. The van der Waals surface area contributed by atoms with Gasteiger partial charge in [-0.1, -0.05) is 18.9 Å². The van der Waals surface area contributed by atoms with E-state index in [4.69, 9.17) is 5.73 Å². The molecule has 6 nitrogen and oxygen atoms in total. The van der Waals surface area contributed by atoms with Crippen LogP contribution in [-0.4, -0.2) is 33.5 Å². The second kappa shape index (κ2) is 9.91. The molecule has 1 saturated carbocycles. The Kier molecular flexibility index (Phi) is 8.58. The third-order valence-electron chi connectivity index (χ3n) is 4.37. The molecule has 0 radical (unpaired) electrons. The molecule has 0 spiro atoms. The Labute approximate surface area is 155 Å². The molecule has 25 heavy (non-hydrogen) atoms. The van der Waals surface area contributed by atoms with Crippen LogP contribution in [0.5, 0.6) is 0 Å². The fourth-order valence-electron chi connectivity index (χ4n) is 2.97. The average Bonchev–Trinajstić information content (AvgIpc) is 2.60. The van der Waals surface area contributed by atoms with E-state index in [1.54, 1.807) is 0 Å². The van der Waals surface area contributed by atoms with Crippen molar-refractivity contribution in [1.29, 1.82) is 0 Å². The Morgan fingerprint density at radius 2 is 1.88 bits per heavy atom. The first-order valence-electron chi connectivity index (χ1n) is 8.19. The lowest BCUT2D eigenvalue weighted by Gasteiger charge is -2.31. The van der Waals surface area contributed by atoms with Crippen molar-refractivity contribution < 1.29 is 13.2 Å². The molecule has 2 atom stereocenters. The van der Waals surface area contributed by atoms with Crippen molar-refractivity contribution in [3.8, 4) is 0 Å². The van der Waals surface area contributed by atoms with Crippen LogP contribution in [0.1, 0.15) is 36.0 Å². The van der Waals surface area contributed by atoms with Crippen LogP contribution in [0.4, 0.5) is 0 Å². The molecule has 1 aromatic carbocycles. The summed E-state index contributed by atoms with van der Waals surface area (Å²) in [5.74, 6) is 0.119. The monoisotopic (exact) mass is 387 g/mol. The lowest BCUT2D eigenvalue weighted by atomic mass is 9.84. The summed E-state index contributed by atoms with van der Waals surface area (Å²) in [4.78, 5) is 12.5. The summed E-state index contributed by atoms with van der Waals surface area (Å²) >= 11 is 0. The molecular formula is C17H26ClN3O3S. The van der Waals surface area contributed by atoms with Crippen LogP contribution in [0, 0.1) is 5.92 Å². The summed E-state index contributed by atoms with van der Waals surface area (Å²) in [5, 5.41) is 3.03. The van der Waals surface area contributed by atoms with Gasteiger partial charge in [0.25, 0.3) is 5.91 Å². The van der Waals surface area contributed by atoms with Gasteiger partial charge in [0.2, 0.25) is 10.0 Å². The summed E-state index contributed by atoms with van der Waals surface area (Å²) in [6, 6.07) is 6.01. The summed E-state index contributed by atoms with van der Waals surface area (Å²) in [6.45, 7) is 4.20. The van der Waals surface area contributed by atoms with Crippen LogP contribution < -0.4 is 15.8 Å². The minimum atomic E-state index is -3.57. The largest absolute Gasteiger partial charge is 0.349 e. The Morgan fingerprint density at radius 3 is 2.48 bits per heavy atom. The van der Waals surface area contributed by atoms with Crippen LogP contribution in [0.3, 0.4) is 0 Å². The van der Waals surface area contributed by atoms with Crippen molar-refractivity contribution in [1.82, 2.24) is 10.0 Å². The predicted octanol–water partition coefficient (Wildman–Crippen LogP) is 1.82. The lowest BCUT2D eigenvalue weighted by Crippen LogP contribution is -2.44. The summed E-state index contributed by atoms with van der Waals surface area (Å²) in [6.07, 6.45) is 5.68. The van der Waals surface area contributed by atoms with Crippen molar-refractivity contribution >= 4 is 28.3 Å². The molecule has 1 aromatic rings. The lowest BCUT2D eigenvalue weighted by molar-refractivity contribution is 0.0908. The number of hydrogen-bond donors (Lipinski definition) is 3. The van der Waals surface area contributed by atoms with Gasteiger partial charge in [-0.05, 0) is 49.6 Å². The van der Waals surface area contributed by atoms with Gasteiger partial charge in [-0.3, -0.25) is 4.79 Å². The van der Waals surface area contributed by atoms with Crippen molar-refractivity contribution in [3.63, 3.8) is 0 Å². The van der Waals surface area contributed by atoms with Gasteiger partial charge in [0, 0.05) is 18.2 Å². The number of benzene rings is 1. The van der Waals surface area contributed by atoms with E-state index in [0.29, 0.717) is 18.0 Å². The van der Waals surface area contributed by atoms with E-state index >= 15 is 0 Å². The van der Waals surface area contributed by atoms with E-state index in [-0.39, 0.29) is 35.8 Å². The van der Waals surface area contributed by atoms with Gasteiger partial charge in [0.15, 0.2) is 0 Å². The van der Waals surface area contributed by atoms with Crippen molar-refractivity contribution in [2.75, 3.05) is 13.1 Å². The van der Waals surface area contributed by atoms with Crippen LogP contribution in [0.2, 0.25) is 0 Å². The zero-order chi connectivity index (χ0) is 17.6. The van der Waals surface area contributed by atoms with Crippen molar-refractivity contribution in [3.05, 3.63) is 42.5 Å². The highest BCUT2D eigenvalue weighted by molar-refractivity contribution is 7.89. The van der Waals surface area contributed by atoms with Gasteiger partial charge >= 0.3 is 0 Å². The smallest absolute Gasteiger partial charge is 0.251 e. The van der Waals surface area contributed by atoms with Crippen LogP contribution in [0.15, 0.2) is 41.8 Å². The summed E-state index contributed by atoms with van der Waals surface area (Å²) in [7, 11) is -3.57. The maximum atomic E-state index is 12.4. The molecule has 4 N–H and O–H groups in total. The van der Waals surface area contributed by atoms with Crippen LogP contribution in [0.25, 0.3) is 0 Å². The number of nitrogens with two attached hydrogens (primary N) is 1. The molecule has 1 fully saturated rings. The molecule has 8 heteroatoms.